The third kappa shape index (κ3) is 2.28. The Hall–Kier alpha value is -0.900. The maximum Gasteiger partial charge on any atom is 0.309 e. The second-order valence-electron chi connectivity index (χ2n) is 9.67. The van der Waals surface area contributed by atoms with Crippen LogP contribution in [-0.4, -0.2) is 30.1 Å². The highest BCUT2D eigenvalue weighted by Gasteiger charge is 2.64. The van der Waals surface area contributed by atoms with Gasteiger partial charge in [0.2, 0.25) is 0 Å². The van der Waals surface area contributed by atoms with E-state index >= 15 is 0 Å². The van der Waals surface area contributed by atoms with Crippen molar-refractivity contribution in [2.24, 2.45) is 40.4 Å². The summed E-state index contributed by atoms with van der Waals surface area (Å²) in [6.45, 7) is 4.51. The van der Waals surface area contributed by atoms with Crippen LogP contribution in [0.25, 0.3) is 0 Å². The van der Waals surface area contributed by atoms with E-state index in [9.17, 15) is 14.7 Å². The second kappa shape index (κ2) is 5.80. The Labute approximate surface area is 150 Å². The Balaban J connectivity index is 1.66. The average molecular weight is 348 g/mol. The molecule has 0 bridgehead atoms. The van der Waals surface area contributed by atoms with Crippen molar-refractivity contribution in [1.82, 2.24) is 0 Å². The minimum absolute atomic E-state index is 0.148. The largest absolute Gasteiger partial charge is 0.469 e. The van der Waals surface area contributed by atoms with Crippen LogP contribution in [0.3, 0.4) is 0 Å². The summed E-state index contributed by atoms with van der Waals surface area (Å²) in [6, 6.07) is 0. The molecule has 4 nitrogen and oxygen atoms in total. The van der Waals surface area contributed by atoms with Crippen molar-refractivity contribution in [3.05, 3.63) is 0 Å². The molecular formula is C21H32O4. The lowest BCUT2D eigenvalue weighted by atomic mass is 9.44. The molecule has 0 aromatic heterocycles. The molecule has 4 saturated carbocycles. The zero-order chi connectivity index (χ0) is 18.0. The fraction of sp³-hybridized carbons (Fsp3) is 0.905. The molecule has 0 saturated heterocycles. The molecule has 8 atom stereocenters. The monoisotopic (exact) mass is 348 g/mol. The number of rotatable bonds is 1. The van der Waals surface area contributed by atoms with Gasteiger partial charge in [0.1, 0.15) is 5.78 Å². The number of hydrogen-bond acceptors (Lipinski definition) is 4. The molecule has 4 aliphatic carbocycles. The lowest BCUT2D eigenvalue weighted by Gasteiger charge is -2.61. The quantitative estimate of drug-likeness (QED) is 0.738. The van der Waals surface area contributed by atoms with Crippen molar-refractivity contribution in [3.8, 4) is 0 Å². The van der Waals surface area contributed by atoms with Gasteiger partial charge in [-0.25, -0.2) is 0 Å². The Bertz CT molecular complexity index is 586. The SMILES string of the molecule is COC(=O)[C@@H]1CC[C@@H]2[C@@H]3CC[C@@H]4CC(=O)CC[C@]4(C)[C@@H]3C[C@H](O)[C@@]21C. The van der Waals surface area contributed by atoms with Gasteiger partial charge in [0.15, 0.2) is 0 Å². The van der Waals surface area contributed by atoms with Crippen LogP contribution in [0.15, 0.2) is 0 Å². The number of ether oxygens (including phenoxy) is 1. The van der Waals surface area contributed by atoms with Crippen LogP contribution in [0.5, 0.6) is 0 Å². The molecule has 0 heterocycles. The molecule has 0 unspecified atom stereocenters. The molecule has 0 radical (unpaired) electrons. The number of aliphatic hydroxyl groups excluding tert-OH is 1. The highest BCUT2D eigenvalue weighted by molar-refractivity contribution is 5.79. The first kappa shape index (κ1) is 17.5. The summed E-state index contributed by atoms with van der Waals surface area (Å²) >= 11 is 0. The summed E-state index contributed by atoms with van der Waals surface area (Å²) in [4.78, 5) is 24.3. The molecule has 1 N–H and O–H groups in total. The van der Waals surface area contributed by atoms with E-state index in [2.05, 4.69) is 13.8 Å². The van der Waals surface area contributed by atoms with Gasteiger partial charge in [-0.05, 0) is 67.6 Å². The zero-order valence-electron chi connectivity index (χ0n) is 15.8. The maximum atomic E-state index is 12.3. The Morgan fingerprint density at radius 1 is 1.16 bits per heavy atom. The summed E-state index contributed by atoms with van der Waals surface area (Å²) in [5.41, 5.74) is -0.162. The van der Waals surface area contributed by atoms with Crippen molar-refractivity contribution in [3.63, 3.8) is 0 Å². The smallest absolute Gasteiger partial charge is 0.309 e. The van der Waals surface area contributed by atoms with E-state index in [4.69, 9.17) is 4.74 Å². The van der Waals surface area contributed by atoms with Crippen LogP contribution < -0.4 is 0 Å². The summed E-state index contributed by atoms with van der Waals surface area (Å²) in [5.74, 6) is 2.07. The Morgan fingerprint density at radius 3 is 2.64 bits per heavy atom. The van der Waals surface area contributed by atoms with E-state index in [1.54, 1.807) is 0 Å². The van der Waals surface area contributed by atoms with Gasteiger partial charge < -0.3 is 9.84 Å². The predicted molar refractivity (Wildman–Crippen MR) is 93.6 cm³/mol. The number of hydrogen-bond donors (Lipinski definition) is 1. The first-order chi connectivity index (χ1) is 11.8. The van der Waals surface area contributed by atoms with Crippen molar-refractivity contribution < 1.29 is 19.4 Å². The number of ketones is 1. The Kier molecular flexibility index (Phi) is 4.06. The number of fused-ring (bicyclic) bond motifs is 5. The van der Waals surface area contributed by atoms with Gasteiger partial charge in [-0.2, -0.15) is 0 Å². The van der Waals surface area contributed by atoms with Crippen molar-refractivity contribution in [1.29, 1.82) is 0 Å². The fourth-order valence-corrected chi connectivity index (χ4v) is 7.54. The predicted octanol–water partition coefficient (Wildman–Crippen LogP) is 3.36. The summed E-state index contributed by atoms with van der Waals surface area (Å²) in [7, 11) is 1.46. The molecule has 0 aliphatic heterocycles. The molecule has 4 fully saturated rings. The average Bonchev–Trinajstić information content (AvgIpc) is 2.95. The van der Waals surface area contributed by atoms with Gasteiger partial charge in [-0.3, -0.25) is 9.59 Å². The van der Waals surface area contributed by atoms with Gasteiger partial charge in [0.25, 0.3) is 0 Å². The van der Waals surface area contributed by atoms with Crippen molar-refractivity contribution >= 4 is 11.8 Å². The molecule has 0 aromatic rings. The lowest BCUT2D eigenvalue weighted by Crippen LogP contribution is -2.58. The van der Waals surface area contributed by atoms with Crippen LogP contribution in [0.2, 0.25) is 0 Å². The first-order valence-corrected chi connectivity index (χ1v) is 10.1. The molecule has 0 spiro atoms. The number of esters is 1. The molecule has 140 valence electrons. The highest BCUT2D eigenvalue weighted by Crippen LogP contribution is 2.67. The number of Topliss-reactive ketones (excluding diaryl/α,β-unsaturated/α-hetero) is 1. The number of carbonyl (C=O) groups is 2. The maximum absolute atomic E-state index is 12.3. The van der Waals surface area contributed by atoms with E-state index in [1.165, 1.54) is 7.11 Å². The molecule has 4 heteroatoms. The molecule has 25 heavy (non-hydrogen) atoms. The summed E-state index contributed by atoms with van der Waals surface area (Å²) in [6.07, 6.45) is 6.91. The van der Waals surface area contributed by atoms with Crippen LogP contribution in [0.1, 0.15) is 65.2 Å². The van der Waals surface area contributed by atoms with Gasteiger partial charge in [-0.15, -0.1) is 0 Å². The minimum atomic E-state index is -0.446. The van der Waals surface area contributed by atoms with E-state index < -0.39 is 6.10 Å². The summed E-state index contributed by atoms with van der Waals surface area (Å²) < 4.78 is 5.06. The van der Waals surface area contributed by atoms with Crippen LogP contribution in [-0.2, 0) is 14.3 Å². The Morgan fingerprint density at radius 2 is 1.92 bits per heavy atom. The molecular weight excluding hydrogens is 316 g/mol. The number of aliphatic hydroxyl groups is 1. The third-order valence-corrected chi connectivity index (χ3v) is 9.08. The first-order valence-electron chi connectivity index (χ1n) is 10.1. The van der Waals surface area contributed by atoms with Crippen LogP contribution >= 0.6 is 0 Å². The highest BCUT2D eigenvalue weighted by atomic mass is 16.5. The van der Waals surface area contributed by atoms with E-state index in [0.29, 0.717) is 35.9 Å². The van der Waals surface area contributed by atoms with Crippen molar-refractivity contribution in [2.75, 3.05) is 7.11 Å². The van der Waals surface area contributed by atoms with E-state index in [-0.39, 0.29) is 22.7 Å². The van der Waals surface area contributed by atoms with E-state index in [0.717, 1.165) is 44.9 Å². The molecule has 0 amide bonds. The van der Waals surface area contributed by atoms with E-state index in [1.807, 2.05) is 0 Å². The molecule has 4 aliphatic rings. The fourth-order valence-electron chi connectivity index (χ4n) is 7.54. The van der Waals surface area contributed by atoms with Crippen molar-refractivity contribution in [2.45, 2.75) is 71.3 Å². The second-order valence-corrected chi connectivity index (χ2v) is 9.67. The van der Waals surface area contributed by atoms with Crippen LogP contribution in [0, 0.1) is 40.4 Å². The zero-order valence-corrected chi connectivity index (χ0v) is 15.8. The molecule has 4 rings (SSSR count). The minimum Gasteiger partial charge on any atom is -0.469 e. The number of methoxy groups -OCH3 is 1. The van der Waals surface area contributed by atoms with Gasteiger partial charge in [-0.1, -0.05) is 13.8 Å². The van der Waals surface area contributed by atoms with Gasteiger partial charge in [0.05, 0.1) is 19.1 Å². The normalized spacial score (nSPS) is 52.1. The van der Waals surface area contributed by atoms with Gasteiger partial charge in [0, 0.05) is 18.3 Å². The summed E-state index contributed by atoms with van der Waals surface area (Å²) in [5, 5.41) is 11.2. The standard InChI is InChI=1S/C21H32O4/c1-20-9-8-13(22)10-12(20)4-5-14-15-6-7-16(19(24)25-3)21(15,2)18(23)11-17(14)20/h12,14-18,23H,4-11H2,1-3H3/t12-,14+,15-,16+,17-,18+,20+,21+/m1/s1. The lowest BCUT2D eigenvalue weighted by molar-refractivity contribution is -0.179. The molecule has 0 aromatic carbocycles. The third-order valence-electron chi connectivity index (χ3n) is 9.08. The van der Waals surface area contributed by atoms with Gasteiger partial charge >= 0.3 is 5.97 Å². The number of carbonyl (C=O) groups excluding carboxylic acids is 2. The van der Waals surface area contributed by atoms with Crippen LogP contribution in [0.4, 0.5) is 0 Å². The topological polar surface area (TPSA) is 63.6 Å².